The minimum Gasteiger partial charge on any atom is -0.382 e. The van der Waals surface area contributed by atoms with Crippen molar-refractivity contribution in [2.75, 3.05) is 26.7 Å². The van der Waals surface area contributed by atoms with E-state index in [0.29, 0.717) is 12.8 Å². The van der Waals surface area contributed by atoms with E-state index in [1.165, 1.54) is 26.5 Å². The third kappa shape index (κ3) is 12.4. The monoisotopic (exact) mass is 607 g/mol. The van der Waals surface area contributed by atoms with Crippen molar-refractivity contribution < 1.29 is 19.8 Å². The molecule has 0 bridgehead atoms. The van der Waals surface area contributed by atoms with E-state index in [-0.39, 0.29) is 19.4 Å². The van der Waals surface area contributed by atoms with Crippen LogP contribution in [0.1, 0.15) is 61.6 Å². The fraction of sp³-hybridized carbons (Fsp3) is 0.457. The summed E-state index contributed by atoms with van der Waals surface area (Å²) in [7, 11) is 2.00. The van der Waals surface area contributed by atoms with Crippen molar-refractivity contribution in [3.05, 3.63) is 93.7 Å². The van der Waals surface area contributed by atoms with E-state index in [2.05, 4.69) is 60.6 Å². The first-order chi connectivity index (χ1) is 20.7. The maximum absolute atomic E-state index is 12.1. The average molecular weight is 608 g/mol. The first kappa shape index (κ1) is 37.7. The SMILES string of the molecule is C=CCC=C/C=C(\C)C1(C#N)CCN(C(=O)C(O)C(O)C=O)CC1.CC.CNCCc1cc(Cc2cccc(C)c2)cs1. The highest BCUT2D eigenvalue weighted by molar-refractivity contribution is 7.10. The Morgan fingerprint density at radius 1 is 1.23 bits per heavy atom. The molecule has 1 aliphatic heterocycles. The molecule has 7 nitrogen and oxygen atoms in total. The predicted octanol–water partition coefficient (Wildman–Crippen LogP) is 5.55. The van der Waals surface area contributed by atoms with Crippen molar-refractivity contribution in [2.45, 2.75) is 72.0 Å². The van der Waals surface area contributed by atoms with Crippen molar-refractivity contribution in [1.82, 2.24) is 10.2 Å². The number of likely N-dealkylation sites (tertiary alicyclic amines) is 1. The molecule has 1 fully saturated rings. The lowest BCUT2D eigenvalue weighted by atomic mass is 9.74. The van der Waals surface area contributed by atoms with Crippen LogP contribution < -0.4 is 5.32 Å². The maximum atomic E-state index is 12.1. The molecular weight excluding hydrogens is 558 g/mol. The molecule has 1 aliphatic rings. The number of rotatable bonds is 12. The Morgan fingerprint density at radius 3 is 2.51 bits per heavy atom. The third-order valence-corrected chi connectivity index (χ3v) is 8.26. The second-order valence-corrected chi connectivity index (χ2v) is 11.3. The summed E-state index contributed by atoms with van der Waals surface area (Å²) in [5.41, 5.74) is 4.46. The highest BCUT2D eigenvalue weighted by atomic mass is 32.1. The molecule has 2 unspecified atom stereocenters. The molecule has 0 radical (unpaired) electrons. The second-order valence-electron chi connectivity index (χ2n) is 10.3. The van der Waals surface area contributed by atoms with Gasteiger partial charge in [-0.1, -0.05) is 73.6 Å². The smallest absolute Gasteiger partial charge is 0.254 e. The lowest BCUT2D eigenvalue weighted by molar-refractivity contribution is -0.150. The summed E-state index contributed by atoms with van der Waals surface area (Å²) in [6.45, 7) is 13.3. The van der Waals surface area contributed by atoms with Gasteiger partial charge in [-0.2, -0.15) is 5.26 Å². The number of allylic oxidation sites excluding steroid dienone is 5. The molecule has 234 valence electrons. The van der Waals surface area contributed by atoms with Gasteiger partial charge in [0.25, 0.3) is 5.91 Å². The van der Waals surface area contributed by atoms with Gasteiger partial charge >= 0.3 is 0 Å². The number of nitrogens with one attached hydrogen (secondary N) is 1. The largest absolute Gasteiger partial charge is 0.382 e. The number of likely N-dealkylation sites (N-methyl/N-ethyl adjacent to an activating group) is 1. The van der Waals surface area contributed by atoms with Crippen LogP contribution in [0.5, 0.6) is 0 Å². The Labute approximate surface area is 262 Å². The van der Waals surface area contributed by atoms with Gasteiger partial charge in [-0.25, -0.2) is 0 Å². The number of piperidine rings is 1. The van der Waals surface area contributed by atoms with Gasteiger partial charge in [0.2, 0.25) is 0 Å². The molecule has 3 N–H and O–H groups in total. The second kappa shape index (κ2) is 20.5. The maximum Gasteiger partial charge on any atom is 0.254 e. The lowest BCUT2D eigenvalue weighted by Crippen LogP contribution is -2.50. The average Bonchev–Trinajstić information content (AvgIpc) is 3.49. The minimum absolute atomic E-state index is 0.133. The van der Waals surface area contributed by atoms with Gasteiger partial charge in [-0.3, -0.25) is 4.79 Å². The number of hydrogen-bond acceptors (Lipinski definition) is 7. The van der Waals surface area contributed by atoms with E-state index in [1.54, 1.807) is 6.08 Å². The molecule has 1 saturated heterocycles. The highest BCUT2D eigenvalue weighted by Crippen LogP contribution is 2.38. The van der Waals surface area contributed by atoms with Crippen LogP contribution in [0.4, 0.5) is 0 Å². The van der Waals surface area contributed by atoms with Gasteiger partial charge in [0, 0.05) is 18.0 Å². The summed E-state index contributed by atoms with van der Waals surface area (Å²) in [6, 6.07) is 13.5. The molecule has 2 atom stereocenters. The number of aliphatic hydroxyl groups excluding tert-OH is 2. The lowest BCUT2D eigenvalue weighted by Gasteiger charge is -2.38. The quantitative estimate of drug-likeness (QED) is 0.166. The number of amides is 1. The minimum atomic E-state index is -1.75. The zero-order valence-electron chi connectivity index (χ0n) is 26.4. The van der Waals surface area contributed by atoms with Crippen molar-refractivity contribution in [1.29, 1.82) is 5.26 Å². The highest BCUT2D eigenvalue weighted by Gasteiger charge is 2.39. The van der Waals surface area contributed by atoms with Crippen molar-refractivity contribution in [3.63, 3.8) is 0 Å². The van der Waals surface area contributed by atoms with Crippen molar-refractivity contribution in [3.8, 4) is 6.07 Å². The van der Waals surface area contributed by atoms with Gasteiger partial charge in [0.1, 0.15) is 6.10 Å². The summed E-state index contributed by atoms with van der Waals surface area (Å²) in [4.78, 5) is 25.4. The number of nitriles is 1. The topological polar surface area (TPSA) is 114 Å². The van der Waals surface area contributed by atoms with Gasteiger partial charge in [0.15, 0.2) is 12.4 Å². The number of nitrogens with zero attached hydrogens (tertiary/aromatic N) is 2. The predicted molar refractivity (Wildman–Crippen MR) is 177 cm³/mol. The summed E-state index contributed by atoms with van der Waals surface area (Å²) in [5.74, 6) is -0.686. The van der Waals surface area contributed by atoms with E-state index in [1.807, 2.05) is 57.4 Å². The van der Waals surface area contributed by atoms with Crippen LogP contribution in [-0.2, 0) is 22.4 Å². The van der Waals surface area contributed by atoms with Crippen LogP contribution >= 0.6 is 11.3 Å². The number of benzene rings is 1. The van der Waals surface area contributed by atoms with Gasteiger partial charge in [0.05, 0.1) is 11.5 Å². The van der Waals surface area contributed by atoms with Crippen LogP contribution in [0, 0.1) is 23.7 Å². The molecule has 1 amide bonds. The molecule has 2 aromatic rings. The summed E-state index contributed by atoms with van der Waals surface area (Å²) >= 11 is 1.87. The summed E-state index contributed by atoms with van der Waals surface area (Å²) < 4.78 is 0. The van der Waals surface area contributed by atoms with E-state index in [0.717, 1.165) is 31.4 Å². The van der Waals surface area contributed by atoms with Crippen LogP contribution in [-0.4, -0.2) is 66.2 Å². The number of aryl methyl sites for hydroxylation is 1. The van der Waals surface area contributed by atoms with Crippen LogP contribution in [0.2, 0.25) is 0 Å². The van der Waals surface area contributed by atoms with Crippen molar-refractivity contribution in [2.24, 2.45) is 5.41 Å². The number of aliphatic hydroxyl groups is 2. The van der Waals surface area contributed by atoms with E-state index < -0.39 is 23.5 Å². The first-order valence-electron chi connectivity index (χ1n) is 14.9. The summed E-state index contributed by atoms with van der Waals surface area (Å²) in [5, 5.41) is 34.0. The van der Waals surface area contributed by atoms with Crippen molar-refractivity contribution >= 4 is 23.5 Å². The molecular formula is C35H49N3O4S. The first-order valence-corrected chi connectivity index (χ1v) is 15.8. The van der Waals surface area contributed by atoms with E-state index in [4.69, 9.17) is 0 Å². The van der Waals surface area contributed by atoms with Crippen LogP contribution in [0.3, 0.4) is 0 Å². The third-order valence-electron chi connectivity index (χ3n) is 7.22. The molecule has 1 aromatic carbocycles. The van der Waals surface area contributed by atoms with Gasteiger partial charge in [-0.05, 0) is 82.1 Å². The Hall–Kier alpha value is -3.35. The molecule has 2 heterocycles. The Kier molecular flexibility index (Phi) is 18.0. The van der Waals surface area contributed by atoms with Gasteiger partial charge in [-0.15, -0.1) is 17.9 Å². The fourth-order valence-corrected chi connectivity index (χ4v) is 5.51. The number of thiophene rings is 1. The zero-order chi connectivity index (χ0) is 32.3. The van der Waals surface area contributed by atoms with Crippen LogP contribution in [0.15, 0.2) is 72.2 Å². The van der Waals surface area contributed by atoms with Gasteiger partial charge < -0.3 is 25.2 Å². The fourth-order valence-electron chi connectivity index (χ4n) is 4.61. The normalized spacial score (nSPS) is 15.7. The molecule has 0 spiro atoms. The zero-order valence-corrected chi connectivity index (χ0v) is 27.2. The Balaban J connectivity index is 0.000000426. The Morgan fingerprint density at radius 2 is 1.93 bits per heavy atom. The molecule has 3 rings (SSSR count). The number of carbonyl (C=O) groups excluding carboxylic acids is 2. The van der Waals surface area contributed by atoms with Crippen LogP contribution in [0.25, 0.3) is 0 Å². The number of carbonyl (C=O) groups is 2. The molecule has 0 saturated carbocycles. The molecule has 8 heteroatoms. The number of hydrogen-bond donors (Lipinski definition) is 3. The van der Waals surface area contributed by atoms with E-state index >= 15 is 0 Å². The summed E-state index contributed by atoms with van der Waals surface area (Å²) in [6.07, 6.45) is 7.98. The standard InChI is InChI=1S/C18H24N2O4.C15H19NS.C2H6/c1-3-4-5-6-7-14(2)18(13-19)8-10-20(11-9-18)17(24)16(23)15(22)12-21;1-12-4-3-5-13(8-12)9-14-10-15(17-11-14)6-7-16-2;1-2/h3,5-7,12,15-16,22-23H,1,4,8-11H2,2H3;3-5,8,10-11,16H,6-7,9H2,1-2H3;1-2H3/b6-5?,14-7+;;. The Bertz CT molecular complexity index is 1240. The molecule has 43 heavy (non-hydrogen) atoms. The molecule has 0 aliphatic carbocycles. The number of aldehydes is 1. The van der Waals surface area contributed by atoms with E-state index in [9.17, 15) is 25.1 Å². The molecule has 1 aromatic heterocycles.